The van der Waals surface area contributed by atoms with Crippen LogP contribution < -0.4 is 16.8 Å². The molecule has 0 spiro atoms. The number of aromatic nitrogens is 1. The molecule has 5 nitrogen and oxygen atoms in total. The number of nitrogens with zero attached hydrogens (tertiary/aromatic N) is 1. The number of rotatable bonds is 5. The topological polar surface area (TPSA) is 94.0 Å². The lowest BCUT2D eigenvalue weighted by atomic mass is 10.0. The first kappa shape index (κ1) is 11.2. The number of nitrogens with one attached hydrogen (secondary N) is 1. The molecule has 88 valence electrons. The largest absolute Gasteiger partial charge is 0.382 e. The Labute approximate surface area is 98.4 Å². The fourth-order valence-electron chi connectivity index (χ4n) is 1.76. The summed E-state index contributed by atoms with van der Waals surface area (Å²) in [6.45, 7) is 3.05. The summed E-state index contributed by atoms with van der Waals surface area (Å²) in [6, 6.07) is 0. The zero-order valence-electron chi connectivity index (χ0n) is 9.25. The Bertz CT molecular complexity index is 411. The van der Waals surface area contributed by atoms with Gasteiger partial charge in [0.15, 0.2) is 5.82 Å². The average Bonchev–Trinajstić information content (AvgIpc) is 2.93. The van der Waals surface area contributed by atoms with Crippen LogP contribution in [0.15, 0.2) is 0 Å². The smallest absolute Gasteiger partial charge is 0.255 e. The number of amides is 1. The first-order valence-electron chi connectivity index (χ1n) is 5.37. The lowest BCUT2D eigenvalue weighted by molar-refractivity contribution is 0.100. The van der Waals surface area contributed by atoms with Gasteiger partial charge in [0.2, 0.25) is 0 Å². The van der Waals surface area contributed by atoms with Crippen LogP contribution in [-0.2, 0) is 0 Å². The second kappa shape index (κ2) is 3.93. The van der Waals surface area contributed by atoms with E-state index in [-0.39, 0.29) is 5.82 Å². The minimum absolute atomic E-state index is 0.223. The molecule has 6 heteroatoms. The van der Waals surface area contributed by atoms with Crippen LogP contribution in [0.4, 0.5) is 10.8 Å². The van der Waals surface area contributed by atoms with Gasteiger partial charge in [0.1, 0.15) is 10.6 Å². The predicted molar refractivity (Wildman–Crippen MR) is 65.5 cm³/mol. The van der Waals surface area contributed by atoms with Crippen molar-refractivity contribution in [2.45, 2.75) is 26.2 Å². The number of nitrogens with two attached hydrogens (primary N) is 2. The highest BCUT2D eigenvalue weighted by Gasteiger charge is 2.40. The Morgan fingerprint density at radius 1 is 1.62 bits per heavy atom. The van der Waals surface area contributed by atoms with E-state index in [0.29, 0.717) is 16.0 Å². The minimum atomic E-state index is -0.518. The van der Waals surface area contributed by atoms with Crippen molar-refractivity contribution in [3.05, 3.63) is 5.56 Å². The van der Waals surface area contributed by atoms with E-state index in [1.807, 2.05) is 0 Å². The van der Waals surface area contributed by atoms with Gasteiger partial charge in [0.25, 0.3) is 5.91 Å². The molecule has 0 saturated heterocycles. The number of nitrogen functional groups attached to an aromatic ring is 1. The molecule has 1 aromatic heterocycles. The number of anilines is 2. The van der Waals surface area contributed by atoms with Crippen LogP contribution in [0.2, 0.25) is 0 Å². The molecule has 0 atom stereocenters. The lowest BCUT2D eigenvalue weighted by Gasteiger charge is -2.13. The van der Waals surface area contributed by atoms with E-state index in [9.17, 15) is 4.79 Å². The highest BCUT2D eigenvalue weighted by molar-refractivity contribution is 7.11. The molecular weight excluding hydrogens is 224 g/mol. The Morgan fingerprint density at radius 2 is 2.31 bits per heavy atom. The fourth-order valence-corrected chi connectivity index (χ4v) is 2.48. The van der Waals surface area contributed by atoms with Crippen molar-refractivity contribution in [1.29, 1.82) is 0 Å². The lowest BCUT2D eigenvalue weighted by Crippen LogP contribution is -2.18. The highest BCUT2D eigenvalue weighted by atomic mass is 32.1. The molecule has 5 N–H and O–H groups in total. The first-order chi connectivity index (χ1) is 7.58. The minimum Gasteiger partial charge on any atom is -0.382 e. The third-order valence-electron chi connectivity index (χ3n) is 3.30. The molecule has 2 rings (SSSR count). The first-order valence-corrected chi connectivity index (χ1v) is 6.14. The molecule has 1 aliphatic rings. The Kier molecular flexibility index (Phi) is 2.75. The standard InChI is InChI=1S/C10H16N4OS/c1-2-10(3-4-10)5-13-9-6(8(12)15)7(11)14-16-9/h13H,2-5H2,1H3,(H2,11,14)(H2,12,15). The molecular formula is C10H16N4OS. The summed E-state index contributed by atoms with van der Waals surface area (Å²) in [7, 11) is 0. The molecule has 1 amide bonds. The second-order valence-electron chi connectivity index (χ2n) is 4.34. The van der Waals surface area contributed by atoms with Crippen molar-refractivity contribution < 1.29 is 4.79 Å². The number of carbonyl (C=O) groups excluding carboxylic acids is 1. The van der Waals surface area contributed by atoms with E-state index in [4.69, 9.17) is 11.5 Å². The average molecular weight is 240 g/mol. The normalized spacial score (nSPS) is 17.1. The molecule has 16 heavy (non-hydrogen) atoms. The second-order valence-corrected chi connectivity index (χ2v) is 5.12. The Hall–Kier alpha value is -1.30. The van der Waals surface area contributed by atoms with E-state index < -0.39 is 5.91 Å². The number of carbonyl (C=O) groups is 1. The van der Waals surface area contributed by atoms with Crippen LogP contribution in [0, 0.1) is 5.41 Å². The summed E-state index contributed by atoms with van der Waals surface area (Å²) < 4.78 is 3.94. The van der Waals surface area contributed by atoms with Crippen molar-refractivity contribution in [3.8, 4) is 0 Å². The van der Waals surface area contributed by atoms with Crippen molar-refractivity contribution >= 4 is 28.3 Å². The molecule has 0 unspecified atom stereocenters. The third-order valence-corrected chi connectivity index (χ3v) is 4.11. The summed E-state index contributed by atoms with van der Waals surface area (Å²) in [4.78, 5) is 11.2. The van der Waals surface area contributed by atoms with Gasteiger partial charge in [0, 0.05) is 6.54 Å². The Balaban J connectivity index is 2.07. The molecule has 1 heterocycles. The monoisotopic (exact) mass is 240 g/mol. The maximum atomic E-state index is 11.2. The van der Waals surface area contributed by atoms with E-state index in [2.05, 4.69) is 16.6 Å². The van der Waals surface area contributed by atoms with E-state index in [1.54, 1.807) is 0 Å². The molecule has 0 aliphatic heterocycles. The molecule has 1 aliphatic carbocycles. The highest BCUT2D eigenvalue weighted by Crippen LogP contribution is 2.48. The molecule has 1 fully saturated rings. The number of hydrogen-bond donors (Lipinski definition) is 3. The quantitative estimate of drug-likeness (QED) is 0.725. The number of primary amides is 1. The van der Waals surface area contributed by atoms with Crippen molar-refractivity contribution in [3.63, 3.8) is 0 Å². The van der Waals surface area contributed by atoms with Gasteiger partial charge in [-0.3, -0.25) is 4.79 Å². The maximum Gasteiger partial charge on any atom is 0.255 e. The molecule has 0 radical (unpaired) electrons. The molecule has 0 aromatic carbocycles. The summed E-state index contributed by atoms with van der Waals surface area (Å²) in [5.74, 6) is -0.295. The number of hydrogen-bond acceptors (Lipinski definition) is 5. The third kappa shape index (κ3) is 1.97. The van der Waals surface area contributed by atoms with Crippen LogP contribution in [0.5, 0.6) is 0 Å². The summed E-state index contributed by atoms with van der Waals surface area (Å²) in [6.07, 6.45) is 3.65. The van der Waals surface area contributed by atoms with Gasteiger partial charge in [0.05, 0.1) is 0 Å². The van der Waals surface area contributed by atoms with Crippen LogP contribution in [0.25, 0.3) is 0 Å². The zero-order valence-corrected chi connectivity index (χ0v) is 10.1. The van der Waals surface area contributed by atoms with E-state index in [0.717, 1.165) is 13.0 Å². The van der Waals surface area contributed by atoms with E-state index >= 15 is 0 Å². The fraction of sp³-hybridized carbons (Fsp3) is 0.600. The van der Waals surface area contributed by atoms with Crippen LogP contribution in [0.3, 0.4) is 0 Å². The maximum absolute atomic E-state index is 11.2. The Morgan fingerprint density at radius 3 is 2.81 bits per heavy atom. The van der Waals surface area contributed by atoms with E-state index in [1.165, 1.54) is 24.4 Å². The van der Waals surface area contributed by atoms with Gasteiger partial charge >= 0.3 is 0 Å². The molecule has 0 bridgehead atoms. The van der Waals surface area contributed by atoms with Gasteiger partial charge in [-0.25, -0.2) is 0 Å². The van der Waals surface area contributed by atoms with Gasteiger partial charge in [-0.2, -0.15) is 4.37 Å². The summed E-state index contributed by atoms with van der Waals surface area (Å²) in [5.41, 5.74) is 11.6. The zero-order chi connectivity index (χ0) is 11.8. The van der Waals surface area contributed by atoms with Gasteiger partial charge in [-0.1, -0.05) is 6.92 Å². The molecule has 1 aromatic rings. The van der Waals surface area contributed by atoms with Crippen LogP contribution in [0.1, 0.15) is 36.5 Å². The SMILES string of the molecule is CCC1(CNc2snc(N)c2C(N)=O)CC1. The van der Waals surface area contributed by atoms with Gasteiger partial charge < -0.3 is 16.8 Å². The van der Waals surface area contributed by atoms with Crippen LogP contribution >= 0.6 is 11.5 Å². The predicted octanol–water partition coefficient (Wildman–Crippen LogP) is 1.43. The van der Waals surface area contributed by atoms with Gasteiger partial charge in [-0.15, -0.1) is 0 Å². The van der Waals surface area contributed by atoms with Gasteiger partial charge in [-0.05, 0) is 36.2 Å². The summed E-state index contributed by atoms with van der Waals surface area (Å²) >= 11 is 1.20. The summed E-state index contributed by atoms with van der Waals surface area (Å²) in [5, 5.41) is 3.94. The van der Waals surface area contributed by atoms with Crippen molar-refractivity contribution in [2.75, 3.05) is 17.6 Å². The molecule has 1 saturated carbocycles. The van der Waals surface area contributed by atoms with Crippen molar-refractivity contribution in [1.82, 2.24) is 4.37 Å². The van der Waals surface area contributed by atoms with Crippen LogP contribution in [-0.4, -0.2) is 16.8 Å². The van der Waals surface area contributed by atoms with Crippen molar-refractivity contribution in [2.24, 2.45) is 11.1 Å².